The van der Waals surface area contributed by atoms with Crippen LogP contribution in [0, 0.1) is 0 Å². The summed E-state index contributed by atoms with van der Waals surface area (Å²) >= 11 is 12.0. The maximum absolute atomic E-state index is 12.3. The standard InChI is InChI=1S/C19H16Cl2N2O4/c20-14-5-3-6-15(21)18(14)27-11-10-26-17(24)8-9-23-12-22-16-7-2-1-4-13(16)19(23)25/h1-7,12H,8-11H2. The predicted octanol–water partition coefficient (Wildman–Crippen LogP) is 3.72. The molecule has 1 aromatic heterocycles. The van der Waals surface area contributed by atoms with Crippen LogP contribution in [0.1, 0.15) is 6.42 Å². The molecule has 140 valence electrons. The number of carbonyl (C=O) groups excluding carboxylic acids is 1. The van der Waals surface area contributed by atoms with Crippen molar-refractivity contribution in [1.82, 2.24) is 9.55 Å². The Labute approximate surface area is 165 Å². The van der Waals surface area contributed by atoms with E-state index in [-0.39, 0.29) is 31.7 Å². The number of benzene rings is 2. The van der Waals surface area contributed by atoms with Crippen LogP contribution < -0.4 is 10.3 Å². The van der Waals surface area contributed by atoms with Crippen molar-refractivity contribution in [3.05, 3.63) is 69.2 Å². The van der Waals surface area contributed by atoms with Crippen molar-refractivity contribution in [2.45, 2.75) is 13.0 Å². The highest BCUT2D eigenvalue weighted by molar-refractivity contribution is 6.37. The van der Waals surface area contributed by atoms with Crippen LogP contribution in [0.2, 0.25) is 10.0 Å². The molecule has 27 heavy (non-hydrogen) atoms. The van der Waals surface area contributed by atoms with E-state index in [0.717, 1.165) is 0 Å². The van der Waals surface area contributed by atoms with E-state index in [1.54, 1.807) is 36.4 Å². The molecule has 0 atom stereocenters. The lowest BCUT2D eigenvalue weighted by Crippen LogP contribution is -2.23. The lowest BCUT2D eigenvalue weighted by molar-refractivity contribution is -0.144. The van der Waals surface area contributed by atoms with Crippen molar-refractivity contribution in [2.75, 3.05) is 13.2 Å². The van der Waals surface area contributed by atoms with Crippen LogP contribution in [0.4, 0.5) is 0 Å². The first-order chi connectivity index (χ1) is 13.1. The average Bonchev–Trinajstić information content (AvgIpc) is 2.67. The van der Waals surface area contributed by atoms with E-state index in [1.807, 2.05) is 6.07 Å². The number of nitrogens with zero attached hydrogens (tertiary/aromatic N) is 2. The molecular formula is C19H16Cl2N2O4. The fourth-order valence-electron chi connectivity index (χ4n) is 2.47. The van der Waals surface area contributed by atoms with Crippen LogP contribution in [0.5, 0.6) is 5.75 Å². The van der Waals surface area contributed by atoms with E-state index in [1.165, 1.54) is 10.9 Å². The summed E-state index contributed by atoms with van der Waals surface area (Å²) < 4.78 is 11.9. The van der Waals surface area contributed by atoms with Gasteiger partial charge in [-0.1, -0.05) is 41.4 Å². The third-order valence-electron chi connectivity index (χ3n) is 3.80. The number of hydrogen-bond acceptors (Lipinski definition) is 5. The first kappa shape index (κ1) is 19.2. The van der Waals surface area contributed by atoms with Crippen molar-refractivity contribution in [3.8, 4) is 5.75 Å². The maximum atomic E-state index is 12.3. The Bertz CT molecular complexity index is 1000. The Kier molecular flexibility index (Phi) is 6.32. The summed E-state index contributed by atoms with van der Waals surface area (Å²) in [6, 6.07) is 12.1. The third-order valence-corrected chi connectivity index (χ3v) is 4.40. The van der Waals surface area contributed by atoms with Gasteiger partial charge in [0.2, 0.25) is 0 Å². The van der Waals surface area contributed by atoms with Gasteiger partial charge in [0.15, 0.2) is 5.75 Å². The molecule has 8 heteroatoms. The molecule has 0 unspecified atom stereocenters. The van der Waals surface area contributed by atoms with E-state index in [9.17, 15) is 9.59 Å². The lowest BCUT2D eigenvalue weighted by atomic mass is 10.2. The number of fused-ring (bicyclic) bond motifs is 1. The first-order valence-corrected chi connectivity index (χ1v) is 8.98. The van der Waals surface area contributed by atoms with Crippen LogP contribution in [0.15, 0.2) is 53.6 Å². The molecule has 2 aromatic carbocycles. The quantitative estimate of drug-likeness (QED) is 0.441. The monoisotopic (exact) mass is 406 g/mol. The van der Waals surface area contributed by atoms with Crippen molar-refractivity contribution >= 4 is 40.1 Å². The van der Waals surface area contributed by atoms with Crippen molar-refractivity contribution in [2.24, 2.45) is 0 Å². The number of hydrogen-bond donors (Lipinski definition) is 0. The summed E-state index contributed by atoms with van der Waals surface area (Å²) in [5.41, 5.74) is 0.432. The number of halogens is 2. The van der Waals surface area contributed by atoms with E-state index >= 15 is 0 Å². The molecule has 3 aromatic rings. The van der Waals surface area contributed by atoms with Gasteiger partial charge in [-0.25, -0.2) is 4.98 Å². The number of ether oxygens (including phenoxy) is 2. The van der Waals surface area contributed by atoms with Crippen LogP contribution in [0.25, 0.3) is 10.9 Å². The number of aromatic nitrogens is 2. The number of carbonyl (C=O) groups is 1. The summed E-state index contributed by atoms with van der Waals surface area (Å²) in [5, 5.41) is 1.28. The van der Waals surface area contributed by atoms with Crippen molar-refractivity contribution in [1.29, 1.82) is 0 Å². The van der Waals surface area contributed by atoms with Crippen molar-refractivity contribution < 1.29 is 14.3 Å². The SMILES string of the molecule is O=C(CCn1cnc2ccccc2c1=O)OCCOc1c(Cl)cccc1Cl. The molecule has 0 aliphatic rings. The summed E-state index contributed by atoms with van der Waals surface area (Å²) in [5.74, 6) is -0.0883. The molecule has 0 spiro atoms. The number of aryl methyl sites for hydroxylation is 1. The minimum atomic E-state index is -0.441. The molecule has 0 aliphatic heterocycles. The Morgan fingerprint density at radius 2 is 1.78 bits per heavy atom. The Balaban J connectivity index is 1.48. The third kappa shape index (κ3) is 4.78. The van der Waals surface area contributed by atoms with Gasteiger partial charge in [-0.15, -0.1) is 0 Å². The Morgan fingerprint density at radius 1 is 1.04 bits per heavy atom. The first-order valence-electron chi connectivity index (χ1n) is 8.23. The molecule has 0 radical (unpaired) electrons. The molecular weight excluding hydrogens is 391 g/mol. The fourth-order valence-corrected chi connectivity index (χ4v) is 2.98. The van der Waals surface area contributed by atoms with Gasteiger partial charge in [0, 0.05) is 6.54 Å². The van der Waals surface area contributed by atoms with Crippen molar-refractivity contribution in [3.63, 3.8) is 0 Å². The molecule has 0 amide bonds. The normalized spacial score (nSPS) is 10.7. The molecule has 0 saturated carbocycles. The second-order valence-electron chi connectivity index (χ2n) is 5.63. The second kappa shape index (κ2) is 8.88. The zero-order valence-corrected chi connectivity index (χ0v) is 15.7. The molecule has 0 saturated heterocycles. The molecule has 0 fully saturated rings. The smallest absolute Gasteiger partial charge is 0.307 e. The molecule has 1 heterocycles. The molecule has 3 rings (SSSR count). The minimum absolute atomic E-state index is 0.0469. The van der Waals surface area contributed by atoms with E-state index in [4.69, 9.17) is 32.7 Å². The van der Waals surface area contributed by atoms with Crippen LogP contribution in [-0.2, 0) is 16.1 Å². The van der Waals surface area contributed by atoms with E-state index < -0.39 is 5.97 Å². The lowest BCUT2D eigenvalue weighted by Gasteiger charge is -2.10. The highest BCUT2D eigenvalue weighted by Gasteiger charge is 2.09. The average molecular weight is 407 g/mol. The minimum Gasteiger partial charge on any atom is -0.487 e. The number of esters is 1. The van der Waals surface area contributed by atoms with Gasteiger partial charge in [0.05, 0.1) is 33.7 Å². The molecule has 6 nitrogen and oxygen atoms in total. The highest BCUT2D eigenvalue weighted by atomic mass is 35.5. The van der Waals surface area contributed by atoms with Crippen LogP contribution in [-0.4, -0.2) is 28.7 Å². The summed E-state index contributed by atoms with van der Waals surface area (Å²) in [6.45, 7) is 0.352. The zero-order valence-electron chi connectivity index (χ0n) is 14.2. The molecule has 0 N–H and O–H groups in total. The topological polar surface area (TPSA) is 70.4 Å². The van der Waals surface area contributed by atoms with Crippen LogP contribution in [0.3, 0.4) is 0 Å². The van der Waals surface area contributed by atoms with Gasteiger partial charge in [-0.05, 0) is 24.3 Å². The zero-order chi connectivity index (χ0) is 19.2. The fraction of sp³-hybridized carbons (Fsp3) is 0.211. The summed E-state index contributed by atoms with van der Waals surface area (Å²) in [7, 11) is 0. The van der Waals surface area contributed by atoms with E-state index in [0.29, 0.717) is 26.7 Å². The van der Waals surface area contributed by atoms with Gasteiger partial charge < -0.3 is 9.47 Å². The Morgan fingerprint density at radius 3 is 2.56 bits per heavy atom. The summed E-state index contributed by atoms with van der Waals surface area (Å²) in [6.07, 6.45) is 1.48. The maximum Gasteiger partial charge on any atom is 0.307 e. The summed E-state index contributed by atoms with van der Waals surface area (Å²) in [4.78, 5) is 28.4. The second-order valence-corrected chi connectivity index (χ2v) is 6.44. The van der Waals surface area contributed by atoms with E-state index in [2.05, 4.69) is 4.98 Å². The molecule has 0 bridgehead atoms. The van der Waals surface area contributed by atoms with Gasteiger partial charge in [0.1, 0.15) is 13.2 Å². The Hall–Kier alpha value is -2.57. The highest BCUT2D eigenvalue weighted by Crippen LogP contribution is 2.32. The van der Waals surface area contributed by atoms with Gasteiger partial charge in [0.25, 0.3) is 5.56 Å². The van der Waals surface area contributed by atoms with Gasteiger partial charge in [-0.3, -0.25) is 14.2 Å². The predicted molar refractivity (Wildman–Crippen MR) is 104 cm³/mol. The molecule has 0 aliphatic carbocycles. The number of para-hydroxylation sites is 2. The van der Waals surface area contributed by atoms with Gasteiger partial charge >= 0.3 is 5.97 Å². The van der Waals surface area contributed by atoms with Crippen LogP contribution >= 0.6 is 23.2 Å². The number of rotatable bonds is 7. The largest absolute Gasteiger partial charge is 0.487 e. The van der Waals surface area contributed by atoms with Gasteiger partial charge in [-0.2, -0.15) is 0 Å².